The van der Waals surface area contributed by atoms with Gasteiger partial charge >= 0.3 is 5.69 Å². The molecule has 0 amide bonds. The molecule has 156 valence electrons. The van der Waals surface area contributed by atoms with Gasteiger partial charge in [-0.1, -0.05) is 17.7 Å². The summed E-state index contributed by atoms with van der Waals surface area (Å²) in [4.78, 5) is 30.8. The summed E-state index contributed by atoms with van der Waals surface area (Å²) in [6.07, 6.45) is -1.60. The van der Waals surface area contributed by atoms with Gasteiger partial charge in [0.15, 0.2) is 11.2 Å². The van der Waals surface area contributed by atoms with Crippen molar-refractivity contribution in [2.75, 3.05) is 18.5 Å². The van der Waals surface area contributed by atoms with Crippen LogP contribution in [0.2, 0.25) is 0 Å². The first-order valence-electron chi connectivity index (χ1n) is 9.25. The molecule has 1 aromatic carbocycles. The molecule has 0 aliphatic carbocycles. The van der Waals surface area contributed by atoms with E-state index in [2.05, 4.69) is 15.3 Å². The van der Waals surface area contributed by atoms with Crippen molar-refractivity contribution in [1.82, 2.24) is 19.1 Å². The number of benzene rings is 1. The van der Waals surface area contributed by atoms with Crippen LogP contribution in [0.1, 0.15) is 12.5 Å². The molecule has 0 aliphatic heterocycles. The second-order valence-electron chi connectivity index (χ2n) is 7.04. The normalized spacial score (nSPS) is 13.4. The van der Waals surface area contributed by atoms with E-state index in [0.717, 1.165) is 5.56 Å². The zero-order valence-corrected chi connectivity index (χ0v) is 16.5. The molecule has 0 bridgehead atoms. The maximum atomic E-state index is 12.4. The standard InChI is InChI=1S/C19H25N5O5/c1-11-4-6-14(7-5-11)29-10-13(26)9-24-15-16(21-18(24)20-8-12(2)25)23(3)19(28)22-17(15)27/h4-7,12-13,25-26H,8-10H2,1-3H3,(H,20,21)(H,22,27,28). The Hall–Kier alpha value is -3.11. The van der Waals surface area contributed by atoms with Crippen molar-refractivity contribution in [2.24, 2.45) is 7.05 Å². The molecular weight excluding hydrogens is 378 g/mol. The number of hydrogen-bond donors (Lipinski definition) is 4. The molecule has 2 atom stereocenters. The van der Waals surface area contributed by atoms with Gasteiger partial charge in [0.1, 0.15) is 18.5 Å². The molecule has 10 nitrogen and oxygen atoms in total. The number of rotatable bonds is 8. The highest BCUT2D eigenvalue weighted by Gasteiger charge is 2.20. The Morgan fingerprint density at radius 2 is 1.93 bits per heavy atom. The number of fused-ring (bicyclic) bond motifs is 1. The third-order valence-electron chi connectivity index (χ3n) is 4.42. The van der Waals surface area contributed by atoms with E-state index in [0.29, 0.717) is 5.75 Å². The molecule has 10 heteroatoms. The van der Waals surface area contributed by atoms with E-state index in [1.54, 1.807) is 6.92 Å². The van der Waals surface area contributed by atoms with E-state index in [1.807, 2.05) is 31.2 Å². The number of H-pyrrole nitrogens is 1. The Kier molecular flexibility index (Phi) is 6.04. The number of nitrogens with zero attached hydrogens (tertiary/aromatic N) is 3. The van der Waals surface area contributed by atoms with E-state index in [1.165, 1.54) is 16.2 Å². The molecule has 0 radical (unpaired) electrons. The molecule has 3 rings (SSSR count). The van der Waals surface area contributed by atoms with Gasteiger partial charge in [-0.3, -0.25) is 14.3 Å². The summed E-state index contributed by atoms with van der Waals surface area (Å²) in [5, 5.41) is 23.0. The van der Waals surface area contributed by atoms with Crippen LogP contribution in [-0.4, -0.2) is 54.7 Å². The van der Waals surface area contributed by atoms with Crippen LogP contribution in [0.5, 0.6) is 5.75 Å². The average molecular weight is 403 g/mol. The lowest BCUT2D eigenvalue weighted by Crippen LogP contribution is -2.31. The van der Waals surface area contributed by atoms with E-state index < -0.39 is 23.5 Å². The van der Waals surface area contributed by atoms with Crippen molar-refractivity contribution in [3.05, 3.63) is 50.7 Å². The molecule has 0 aliphatic rings. The van der Waals surface area contributed by atoms with Gasteiger partial charge in [-0.05, 0) is 26.0 Å². The third-order valence-corrected chi connectivity index (χ3v) is 4.42. The van der Waals surface area contributed by atoms with Crippen LogP contribution in [0.25, 0.3) is 11.2 Å². The molecule has 0 saturated heterocycles. The smallest absolute Gasteiger partial charge is 0.329 e. The second-order valence-corrected chi connectivity index (χ2v) is 7.04. The lowest BCUT2D eigenvalue weighted by molar-refractivity contribution is 0.0938. The molecule has 29 heavy (non-hydrogen) atoms. The maximum absolute atomic E-state index is 12.4. The van der Waals surface area contributed by atoms with E-state index >= 15 is 0 Å². The van der Waals surface area contributed by atoms with Crippen molar-refractivity contribution in [3.8, 4) is 5.75 Å². The number of aliphatic hydroxyl groups excluding tert-OH is 2. The predicted octanol–water partition coefficient (Wildman–Crippen LogP) is -0.0357. The predicted molar refractivity (Wildman–Crippen MR) is 108 cm³/mol. The van der Waals surface area contributed by atoms with Crippen LogP contribution in [0.4, 0.5) is 5.95 Å². The maximum Gasteiger partial charge on any atom is 0.329 e. The third kappa shape index (κ3) is 4.66. The Bertz CT molecular complexity index is 1100. The summed E-state index contributed by atoms with van der Waals surface area (Å²) in [6.45, 7) is 3.77. The van der Waals surface area contributed by atoms with Crippen molar-refractivity contribution in [3.63, 3.8) is 0 Å². The van der Waals surface area contributed by atoms with Crippen LogP contribution >= 0.6 is 0 Å². The number of ether oxygens (including phenoxy) is 1. The zero-order chi connectivity index (χ0) is 21.1. The Labute approximate surface area is 166 Å². The first kappa shape index (κ1) is 20.6. The van der Waals surface area contributed by atoms with Crippen LogP contribution < -0.4 is 21.3 Å². The van der Waals surface area contributed by atoms with Crippen LogP contribution in [-0.2, 0) is 13.6 Å². The Balaban J connectivity index is 1.88. The minimum Gasteiger partial charge on any atom is -0.491 e. The lowest BCUT2D eigenvalue weighted by Gasteiger charge is -2.16. The van der Waals surface area contributed by atoms with E-state index in [4.69, 9.17) is 4.74 Å². The SMILES string of the molecule is Cc1ccc(OCC(O)Cn2c(NCC(C)O)nc3c2c(=O)[nH]c(=O)n3C)cc1. The van der Waals surface area contributed by atoms with E-state index in [9.17, 15) is 19.8 Å². The van der Waals surface area contributed by atoms with E-state index in [-0.39, 0.29) is 36.8 Å². The number of aliphatic hydroxyl groups is 2. The fraction of sp³-hybridized carbons (Fsp3) is 0.421. The Morgan fingerprint density at radius 1 is 1.24 bits per heavy atom. The average Bonchev–Trinajstić information content (AvgIpc) is 3.03. The topological polar surface area (TPSA) is 134 Å². The molecular formula is C19H25N5O5. The number of anilines is 1. The van der Waals surface area contributed by atoms with Gasteiger partial charge in [0.2, 0.25) is 5.95 Å². The van der Waals surface area contributed by atoms with Crippen LogP contribution in [0, 0.1) is 6.92 Å². The summed E-state index contributed by atoms with van der Waals surface area (Å²) >= 11 is 0. The van der Waals surface area contributed by atoms with Gasteiger partial charge < -0.3 is 24.8 Å². The molecule has 4 N–H and O–H groups in total. The van der Waals surface area contributed by atoms with Crippen molar-refractivity contribution in [1.29, 1.82) is 0 Å². The van der Waals surface area contributed by atoms with Gasteiger partial charge in [0, 0.05) is 13.6 Å². The Morgan fingerprint density at radius 3 is 2.59 bits per heavy atom. The number of hydrogen-bond acceptors (Lipinski definition) is 7. The van der Waals surface area contributed by atoms with Crippen molar-refractivity contribution in [2.45, 2.75) is 32.6 Å². The highest BCUT2D eigenvalue weighted by molar-refractivity contribution is 5.74. The monoisotopic (exact) mass is 403 g/mol. The zero-order valence-electron chi connectivity index (χ0n) is 16.5. The molecule has 0 saturated carbocycles. The summed E-state index contributed by atoms with van der Waals surface area (Å²) in [7, 11) is 1.49. The van der Waals surface area contributed by atoms with Crippen LogP contribution in [0.3, 0.4) is 0 Å². The largest absolute Gasteiger partial charge is 0.491 e. The molecule has 0 fully saturated rings. The first-order valence-corrected chi connectivity index (χ1v) is 9.25. The highest BCUT2D eigenvalue weighted by Crippen LogP contribution is 2.17. The summed E-state index contributed by atoms with van der Waals surface area (Å²) in [6, 6.07) is 7.43. The van der Waals surface area contributed by atoms with Crippen LogP contribution in [0.15, 0.2) is 33.9 Å². The van der Waals surface area contributed by atoms with Gasteiger partial charge in [-0.2, -0.15) is 4.98 Å². The van der Waals surface area contributed by atoms with Gasteiger partial charge in [-0.15, -0.1) is 0 Å². The summed E-state index contributed by atoms with van der Waals surface area (Å²) < 4.78 is 8.31. The molecule has 2 heterocycles. The molecule has 0 spiro atoms. The number of aryl methyl sites for hydroxylation is 2. The minimum absolute atomic E-state index is 0.00223. The number of aromatic amines is 1. The fourth-order valence-electron chi connectivity index (χ4n) is 2.88. The second kappa shape index (κ2) is 8.50. The van der Waals surface area contributed by atoms with Crippen molar-refractivity contribution >= 4 is 17.1 Å². The molecule has 2 unspecified atom stereocenters. The quantitative estimate of drug-likeness (QED) is 0.415. The summed E-state index contributed by atoms with van der Waals surface area (Å²) in [5.41, 5.74) is 0.236. The fourth-order valence-corrected chi connectivity index (χ4v) is 2.88. The van der Waals surface area contributed by atoms with Gasteiger partial charge in [0.05, 0.1) is 12.6 Å². The molecule has 2 aromatic heterocycles. The number of nitrogens with one attached hydrogen (secondary N) is 2. The van der Waals surface area contributed by atoms with Gasteiger partial charge in [0.25, 0.3) is 5.56 Å². The first-order chi connectivity index (χ1) is 13.8. The highest BCUT2D eigenvalue weighted by atomic mass is 16.5. The van der Waals surface area contributed by atoms with Crippen molar-refractivity contribution < 1.29 is 14.9 Å². The molecule has 3 aromatic rings. The lowest BCUT2D eigenvalue weighted by atomic mass is 10.2. The number of imidazole rings is 1. The number of aromatic nitrogens is 4. The van der Waals surface area contributed by atoms with Gasteiger partial charge in [-0.25, -0.2) is 4.79 Å². The summed E-state index contributed by atoms with van der Waals surface area (Å²) in [5.74, 6) is 0.889. The minimum atomic E-state index is -0.947.